The van der Waals surface area contributed by atoms with Crippen molar-refractivity contribution >= 4 is 11.9 Å². The number of hydrogen-bond acceptors (Lipinski definition) is 3. The first-order valence-corrected chi connectivity index (χ1v) is 3.80. The summed E-state index contributed by atoms with van der Waals surface area (Å²) in [7, 11) is 1.56. The molecule has 0 saturated heterocycles. The standard InChI is InChI=1S/C7H14N2O3/c1-8-6(10)5-9-4-2-3-7(11)12/h9H,2-5H2,1H3,(H,8,10)(H,11,12). The molecule has 5 nitrogen and oxygen atoms in total. The molecule has 0 aromatic heterocycles. The number of rotatable bonds is 6. The zero-order chi connectivity index (χ0) is 9.40. The van der Waals surface area contributed by atoms with Crippen LogP contribution in [0.5, 0.6) is 0 Å². The van der Waals surface area contributed by atoms with Gasteiger partial charge in [0.25, 0.3) is 0 Å². The number of carbonyl (C=O) groups is 2. The number of aliphatic carboxylic acids is 1. The Morgan fingerprint density at radius 3 is 2.58 bits per heavy atom. The lowest BCUT2D eigenvalue weighted by Gasteiger charge is -2.01. The average molecular weight is 174 g/mol. The van der Waals surface area contributed by atoms with Crippen LogP contribution in [0.1, 0.15) is 12.8 Å². The summed E-state index contributed by atoms with van der Waals surface area (Å²) in [6, 6.07) is 0. The summed E-state index contributed by atoms with van der Waals surface area (Å²) in [5.41, 5.74) is 0. The molecule has 0 spiro atoms. The van der Waals surface area contributed by atoms with E-state index in [9.17, 15) is 9.59 Å². The summed E-state index contributed by atoms with van der Waals surface area (Å²) in [5.74, 6) is -0.901. The smallest absolute Gasteiger partial charge is 0.303 e. The van der Waals surface area contributed by atoms with Gasteiger partial charge in [-0.1, -0.05) is 0 Å². The third kappa shape index (κ3) is 7.01. The second-order valence-electron chi connectivity index (χ2n) is 2.35. The molecule has 0 rings (SSSR count). The maximum absolute atomic E-state index is 10.6. The van der Waals surface area contributed by atoms with Crippen molar-refractivity contribution in [2.75, 3.05) is 20.1 Å². The molecule has 1 amide bonds. The predicted molar refractivity (Wildman–Crippen MR) is 43.8 cm³/mol. The molecule has 0 aromatic rings. The Balaban J connectivity index is 3.11. The van der Waals surface area contributed by atoms with Crippen molar-refractivity contribution in [2.45, 2.75) is 12.8 Å². The normalized spacial score (nSPS) is 9.42. The van der Waals surface area contributed by atoms with E-state index in [1.807, 2.05) is 0 Å². The maximum Gasteiger partial charge on any atom is 0.303 e. The van der Waals surface area contributed by atoms with E-state index < -0.39 is 5.97 Å². The minimum absolute atomic E-state index is 0.0923. The molecule has 70 valence electrons. The number of likely N-dealkylation sites (N-methyl/N-ethyl adjacent to an activating group) is 1. The van der Waals surface area contributed by atoms with Crippen LogP contribution >= 0.6 is 0 Å². The molecule has 0 unspecified atom stereocenters. The molecule has 0 aliphatic heterocycles. The Bertz CT molecular complexity index is 159. The third-order valence-electron chi connectivity index (χ3n) is 1.31. The van der Waals surface area contributed by atoms with Crippen LogP contribution in [0.3, 0.4) is 0 Å². The van der Waals surface area contributed by atoms with Crippen molar-refractivity contribution in [3.8, 4) is 0 Å². The topological polar surface area (TPSA) is 78.4 Å². The van der Waals surface area contributed by atoms with Gasteiger partial charge < -0.3 is 15.7 Å². The zero-order valence-electron chi connectivity index (χ0n) is 7.09. The first kappa shape index (κ1) is 10.9. The van der Waals surface area contributed by atoms with Crippen LogP contribution in [0.15, 0.2) is 0 Å². The van der Waals surface area contributed by atoms with Gasteiger partial charge in [0.05, 0.1) is 6.54 Å². The van der Waals surface area contributed by atoms with Crippen LogP contribution in [0.2, 0.25) is 0 Å². The SMILES string of the molecule is CNC(=O)CNCCCC(=O)O. The molecule has 5 heteroatoms. The monoisotopic (exact) mass is 174 g/mol. The largest absolute Gasteiger partial charge is 0.481 e. The van der Waals surface area contributed by atoms with Gasteiger partial charge in [-0.15, -0.1) is 0 Å². The van der Waals surface area contributed by atoms with E-state index in [4.69, 9.17) is 5.11 Å². The summed E-state index contributed by atoms with van der Waals surface area (Å²) in [6.45, 7) is 0.801. The number of carboxylic acids is 1. The van der Waals surface area contributed by atoms with Crippen molar-refractivity contribution in [3.05, 3.63) is 0 Å². The Labute approximate surface area is 71.1 Å². The molecule has 0 heterocycles. The Hall–Kier alpha value is -1.10. The fourth-order valence-electron chi connectivity index (χ4n) is 0.655. The summed E-state index contributed by atoms with van der Waals surface area (Å²) < 4.78 is 0. The van der Waals surface area contributed by atoms with Gasteiger partial charge in [0.15, 0.2) is 0 Å². The Kier molecular flexibility index (Phi) is 6.00. The highest BCUT2D eigenvalue weighted by Crippen LogP contribution is 1.84. The molecule has 0 aliphatic rings. The van der Waals surface area contributed by atoms with Gasteiger partial charge in [-0.2, -0.15) is 0 Å². The molecule has 0 aromatic carbocycles. The Morgan fingerprint density at radius 2 is 2.08 bits per heavy atom. The number of hydrogen-bond donors (Lipinski definition) is 3. The molecule has 0 bridgehead atoms. The van der Waals surface area contributed by atoms with Crippen molar-refractivity contribution < 1.29 is 14.7 Å². The van der Waals surface area contributed by atoms with Crippen LogP contribution in [0.25, 0.3) is 0 Å². The second kappa shape index (κ2) is 6.60. The fraction of sp³-hybridized carbons (Fsp3) is 0.714. The summed E-state index contributed by atoms with van der Waals surface area (Å²) in [5, 5.41) is 13.5. The highest BCUT2D eigenvalue weighted by Gasteiger charge is 1.97. The van der Waals surface area contributed by atoms with Crippen LogP contribution in [0.4, 0.5) is 0 Å². The number of amides is 1. The molecular formula is C7H14N2O3. The van der Waals surface area contributed by atoms with Crippen LogP contribution in [-0.4, -0.2) is 37.1 Å². The molecule has 0 radical (unpaired) electrons. The summed E-state index contributed by atoms with van der Waals surface area (Å²) >= 11 is 0. The third-order valence-corrected chi connectivity index (χ3v) is 1.31. The zero-order valence-corrected chi connectivity index (χ0v) is 7.09. The Morgan fingerprint density at radius 1 is 1.42 bits per heavy atom. The lowest BCUT2D eigenvalue weighted by Crippen LogP contribution is -2.31. The lowest BCUT2D eigenvalue weighted by atomic mass is 10.3. The van der Waals surface area contributed by atoms with E-state index in [1.165, 1.54) is 0 Å². The highest BCUT2D eigenvalue weighted by atomic mass is 16.4. The van der Waals surface area contributed by atoms with Gasteiger partial charge in [-0.05, 0) is 13.0 Å². The first-order chi connectivity index (χ1) is 5.66. The average Bonchev–Trinajstić information content (AvgIpc) is 2.03. The van der Waals surface area contributed by atoms with Gasteiger partial charge in [0.2, 0.25) is 5.91 Å². The summed E-state index contributed by atoms with van der Waals surface area (Å²) in [4.78, 5) is 20.7. The van der Waals surface area contributed by atoms with Gasteiger partial charge in [0, 0.05) is 13.5 Å². The minimum atomic E-state index is -0.809. The quantitative estimate of drug-likeness (QED) is 0.460. The highest BCUT2D eigenvalue weighted by molar-refractivity contribution is 5.77. The van der Waals surface area contributed by atoms with E-state index in [2.05, 4.69) is 10.6 Å². The maximum atomic E-state index is 10.6. The van der Waals surface area contributed by atoms with Gasteiger partial charge in [-0.25, -0.2) is 0 Å². The van der Waals surface area contributed by atoms with Crippen molar-refractivity contribution in [1.82, 2.24) is 10.6 Å². The molecule has 12 heavy (non-hydrogen) atoms. The lowest BCUT2D eigenvalue weighted by molar-refractivity contribution is -0.137. The first-order valence-electron chi connectivity index (χ1n) is 3.80. The van der Waals surface area contributed by atoms with E-state index in [-0.39, 0.29) is 18.9 Å². The fourth-order valence-corrected chi connectivity index (χ4v) is 0.655. The van der Waals surface area contributed by atoms with Crippen molar-refractivity contribution in [2.24, 2.45) is 0 Å². The van der Waals surface area contributed by atoms with E-state index in [1.54, 1.807) is 7.05 Å². The molecule has 0 aliphatic carbocycles. The van der Waals surface area contributed by atoms with Crippen molar-refractivity contribution in [3.63, 3.8) is 0 Å². The van der Waals surface area contributed by atoms with Gasteiger partial charge in [0.1, 0.15) is 0 Å². The minimum Gasteiger partial charge on any atom is -0.481 e. The number of carboxylic acid groups (broad SMARTS) is 1. The molecule has 0 fully saturated rings. The molecule has 3 N–H and O–H groups in total. The van der Waals surface area contributed by atoms with Gasteiger partial charge >= 0.3 is 5.97 Å². The second-order valence-corrected chi connectivity index (χ2v) is 2.35. The van der Waals surface area contributed by atoms with E-state index in [0.717, 1.165) is 0 Å². The molecule has 0 atom stereocenters. The van der Waals surface area contributed by atoms with Crippen LogP contribution in [0, 0.1) is 0 Å². The van der Waals surface area contributed by atoms with E-state index >= 15 is 0 Å². The van der Waals surface area contributed by atoms with Crippen LogP contribution < -0.4 is 10.6 Å². The summed E-state index contributed by atoms with van der Waals surface area (Å²) in [6.07, 6.45) is 0.688. The molecule has 0 saturated carbocycles. The number of carbonyl (C=O) groups excluding carboxylic acids is 1. The number of nitrogens with one attached hydrogen (secondary N) is 2. The van der Waals surface area contributed by atoms with Crippen LogP contribution in [-0.2, 0) is 9.59 Å². The predicted octanol–water partition coefficient (Wildman–Crippen LogP) is -0.813. The van der Waals surface area contributed by atoms with Gasteiger partial charge in [-0.3, -0.25) is 9.59 Å². The van der Waals surface area contributed by atoms with E-state index in [0.29, 0.717) is 13.0 Å². The van der Waals surface area contributed by atoms with Crippen molar-refractivity contribution in [1.29, 1.82) is 0 Å². The molecular weight excluding hydrogens is 160 g/mol.